The van der Waals surface area contributed by atoms with Crippen LogP contribution in [0.3, 0.4) is 0 Å². The van der Waals surface area contributed by atoms with Crippen LogP contribution in [0.2, 0.25) is 0 Å². The molecule has 0 atom stereocenters. The monoisotopic (exact) mass is 144 g/mol. The van der Waals surface area contributed by atoms with Crippen LogP contribution in [0.25, 0.3) is 11.0 Å². The minimum absolute atomic E-state index is 0.139. The average molecular weight is 144 g/mol. The van der Waals surface area contributed by atoms with E-state index in [4.69, 9.17) is 4.42 Å². The van der Waals surface area contributed by atoms with Gasteiger partial charge < -0.3 is 4.42 Å². The third kappa shape index (κ3) is 0.923. The molecule has 0 aliphatic heterocycles. The molecule has 11 heavy (non-hydrogen) atoms. The molecular weight excluding hydrogens is 140 g/mol. The topological polar surface area (TPSA) is 30.2 Å². The average Bonchev–Trinajstić information content (AvgIpc) is 2.06. The van der Waals surface area contributed by atoms with Gasteiger partial charge in [0.2, 0.25) is 5.43 Å². The lowest BCUT2D eigenvalue weighted by molar-refractivity contribution is 0.601. The number of hydrogen-bond acceptors (Lipinski definition) is 2. The fourth-order valence-electron chi connectivity index (χ4n) is 0.924. The second-order valence-electron chi connectivity index (χ2n) is 2.13. The van der Waals surface area contributed by atoms with E-state index in [1.165, 1.54) is 6.26 Å². The number of benzene rings is 1. The van der Waals surface area contributed by atoms with E-state index < -0.39 is 0 Å². The first-order chi connectivity index (χ1) is 5.38. The molecule has 0 bridgehead atoms. The SMILES string of the molecule is O=c1[c]coc2c[c]ccc12. The van der Waals surface area contributed by atoms with E-state index in [2.05, 4.69) is 12.1 Å². The van der Waals surface area contributed by atoms with E-state index >= 15 is 0 Å². The largest absolute Gasteiger partial charge is 0.463 e. The van der Waals surface area contributed by atoms with Crippen molar-refractivity contribution in [3.63, 3.8) is 0 Å². The molecule has 52 valence electrons. The lowest BCUT2D eigenvalue weighted by atomic mass is 10.2. The maximum absolute atomic E-state index is 11.0. The van der Waals surface area contributed by atoms with E-state index in [1.54, 1.807) is 18.2 Å². The first kappa shape index (κ1) is 6.16. The van der Waals surface area contributed by atoms with Crippen LogP contribution in [0.4, 0.5) is 0 Å². The molecule has 0 saturated carbocycles. The Morgan fingerprint density at radius 2 is 2.36 bits per heavy atom. The van der Waals surface area contributed by atoms with Crippen LogP contribution in [0.1, 0.15) is 0 Å². The Balaban J connectivity index is 3.03. The summed E-state index contributed by atoms with van der Waals surface area (Å²) in [6.45, 7) is 0. The molecule has 0 aliphatic rings. The zero-order valence-electron chi connectivity index (χ0n) is 5.63. The molecule has 1 aromatic carbocycles. The molecule has 2 nitrogen and oxygen atoms in total. The molecule has 2 rings (SSSR count). The number of fused-ring (bicyclic) bond motifs is 1. The smallest absolute Gasteiger partial charge is 0.200 e. The van der Waals surface area contributed by atoms with Crippen LogP contribution in [-0.4, -0.2) is 0 Å². The summed E-state index contributed by atoms with van der Waals surface area (Å²) < 4.78 is 5.01. The van der Waals surface area contributed by atoms with Gasteiger partial charge in [-0.25, -0.2) is 0 Å². The predicted molar refractivity (Wildman–Crippen MR) is 40.2 cm³/mol. The summed E-state index contributed by atoms with van der Waals surface area (Å²) in [7, 11) is 0. The predicted octanol–water partition coefficient (Wildman–Crippen LogP) is 1.39. The van der Waals surface area contributed by atoms with Crippen LogP contribution >= 0.6 is 0 Å². The Bertz CT molecular complexity index is 423. The lowest BCUT2D eigenvalue weighted by Gasteiger charge is -1.90. The Kier molecular flexibility index (Phi) is 1.25. The van der Waals surface area contributed by atoms with Crippen molar-refractivity contribution in [2.75, 3.05) is 0 Å². The molecule has 0 amide bonds. The van der Waals surface area contributed by atoms with Gasteiger partial charge in [0.15, 0.2) is 0 Å². The van der Waals surface area contributed by atoms with Gasteiger partial charge in [0.25, 0.3) is 0 Å². The Morgan fingerprint density at radius 1 is 1.45 bits per heavy atom. The van der Waals surface area contributed by atoms with Crippen molar-refractivity contribution < 1.29 is 4.42 Å². The first-order valence-electron chi connectivity index (χ1n) is 3.17. The highest BCUT2D eigenvalue weighted by atomic mass is 16.3. The van der Waals surface area contributed by atoms with Gasteiger partial charge in [-0.15, -0.1) is 0 Å². The van der Waals surface area contributed by atoms with E-state index in [1.807, 2.05) is 0 Å². The van der Waals surface area contributed by atoms with Gasteiger partial charge >= 0.3 is 0 Å². The van der Waals surface area contributed by atoms with Crippen LogP contribution in [0, 0.1) is 12.1 Å². The summed E-state index contributed by atoms with van der Waals surface area (Å²) in [5.74, 6) is 0. The zero-order chi connectivity index (χ0) is 7.68. The third-order valence-corrected chi connectivity index (χ3v) is 1.45. The Hall–Kier alpha value is -1.57. The second kappa shape index (κ2) is 2.23. The highest BCUT2D eigenvalue weighted by Crippen LogP contribution is 2.06. The van der Waals surface area contributed by atoms with Crippen LogP contribution < -0.4 is 5.43 Å². The van der Waals surface area contributed by atoms with Gasteiger partial charge in [0.1, 0.15) is 11.8 Å². The molecule has 2 aromatic rings. The minimum atomic E-state index is -0.139. The molecule has 0 unspecified atom stereocenters. The fourth-order valence-corrected chi connectivity index (χ4v) is 0.924. The molecule has 1 aromatic heterocycles. The van der Waals surface area contributed by atoms with Crippen LogP contribution in [0.15, 0.2) is 33.7 Å². The van der Waals surface area contributed by atoms with Crippen molar-refractivity contribution in [2.24, 2.45) is 0 Å². The quantitative estimate of drug-likeness (QED) is 0.559. The highest BCUT2D eigenvalue weighted by Gasteiger charge is 1.95. The van der Waals surface area contributed by atoms with Gasteiger partial charge in [0.05, 0.1) is 11.5 Å². The number of rotatable bonds is 0. The van der Waals surface area contributed by atoms with Crippen LogP contribution in [-0.2, 0) is 0 Å². The first-order valence-corrected chi connectivity index (χ1v) is 3.17. The van der Waals surface area contributed by atoms with E-state index in [9.17, 15) is 4.79 Å². The summed E-state index contributed by atoms with van der Waals surface area (Å²) in [6.07, 6.45) is 1.26. The summed E-state index contributed by atoms with van der Waals surface area (Å²) in [5.41, 5.74) is 0.413. The van der Waals surface area contributed by atoms with Gasteiger partial charge in [-0.05, 0) is 18.2 Å². The summed E-state index contributed by atoms with van der Waals surface area (Å²) in [4.78, 5) is 11.0. The van der Waals surface area contributed by atoms with Gasteiger partial charge in [-0.1, -0.05) is 6.07 Å². The number of hydrogen-bond donors (Lipinski definition) is 0. The molecule has 0 N–H and O–H groups in total. The van der Waals surface area contributed by atoms with E-state index in [0.717, 1.165) is 0 Å². The minimum Gasteiger partial charge on any atom is -0.463 e. The maximum atomic E-state index is 11.0. The van der Waals surface area contributed by atoms with Gasteiger partial charge in [-0.2, -0.15) is 0 Å². The fraction of sp³-hybridized carbons (Fsp3) is 0. The van der Waals surface area contributed by atoms with Crippen molar-refractivity contribution in [3.05, 3.63) is 46.8 Å². The third-order valence-electron chi connectivity index (χ3n) is 1.45. The zero-order valence-corrected chi connectivity index (χ0v) is 5.63. The van der Waals surface area contributed by atoms with Crippen LogP contribution in [0.5, 0.6) is 0 Å². The molecular formula is C9H4O2. The van der Waals surface area contributed by atoms with E-state index in [-0.39, 0.29) is 5.43 Å². The Morgan fingerprint density at radius 3 is 3.18 bits per heavy atom. The summed E-state index contributed by atoms with van der Waals surface area (Å²) >= 11 is 0. The second-order valence-corrected chi connectivity index (χ2v) is 2.13. The van der Waals surface area contributed by atoms with Crippen molar-refractivity contribution in [1.82, 2.24) is 0 Å². The molecule has 0 fully saturated rings. The molecule has 1 heterocycles. The van der Waals surface area contributed by atoms with Gasteiger partial charge in [0, 0.05) is 0 Å². The lowest BCUT2D eigenvalue weighted by Crippen LogP contribution is -1.97. The molecule has 0 spiro atoms. The van der Waals surface area contributed by atoms with E-state index in [0.29, 0.717) is 11.0 Å². The van der Waals surface area contributed by atoms with Crippen molar-refractivity contribution in [1.29, 1.82) is 0 Å². The van der Waals surface area contributed by atoms with Crippen molar-refractivity contribution in [3.8, 4) is 0 Å². The maximum Gasteiger partial charge on any atom is 0.200 e. The molecule has 2 heteroatoms. The van der Waals surface area contributed by atoms with Crippen molar-refractivity contribution in [2.45, 2.75) is 0 Å². The molecule has 0 saturated heterocycles. The highest BCUT2D eigenvalue weighted by molar-refractivity contribution is 5.75. The summed E-state index contributed by atoms with van der Waals surface area (Å²) in [6, 6.07) is 10.2. The van der Waals surface area contributed by atoms with Crippen molar-refractivity contribution >= 4 is 11.0 Å². The normalized spacial score (nSPS) is 10.2. The Labute approximate surface area is 63.1 Å². The summed E-state index contributed by atoms with van der Waals surface area (Å²) in [5, 5.41) is 0.547. The molecule has 0 aliphatic carbocycles. The molecule has 2 radical (unpaired) electrons. The van der Waals surface area contributed by atoms with Gasteiger partial charge in [-0.3, -0.25) is 4.79 Å². The standard InChI is InChI=1S/C9H4O2/c10-8-5-6-11-9-4-2-1-3-7(8)9/h1,3-4,6H.